The fourth-order valence-electron chi connectivity index (χ4n) is 1.86. The molecule has 110 valence electrons. The minimum Gasteiger partial charge on any atom is -0.508 e. The highest BCUT2D eigenvalue weighted by Gasteiger charge is 2.42. The molecule has 1 rings (SSSR count). The molecule has 0 saturated heterocycles. The van der Waals surface area contributed by atoms with Crippen LogP contribution in [0.25, 0.3) is 0 Å². The highest BCUT2D eigenvalue weighted by atomic mass is 31.2. The van der Waals surface area contributed by atoms with Crippen molar-refractivity contribution in [2.24, 2.45) is 0 Å². The van der Waals surface area contributed by atoms with E-state index in [0.717, 1.165) is 0 Å². The highest BCUT2D eigenvalue weighted by molar-refractivity contribution is 7.49. The van der Waals surface area contributed by atoms with Crippen molar-refractivity contribution in [3.63, 3.8) is 0 Å². The second-order valence-corrected chi connectivity index (χ2v) is 5.69. The van der Waals surface area contributed by atoms with Crippen molar-refractivity contribution in [1.29, 1.82) is 0 Å². The van der Waals surface area contributed by atoms with E-state index in [1.54, 1.807) is 0 Å². The number of benzene rings is 1. The molecule has 8 heteroatoms. The van der Waals surface area contributed by atoms with E-state index in [1.807, 2.05) is 5.09 Å². The second kappa shape index (κ2) is 6.19. The van der Waals surface area contributed by atoms with Gasteiger partial charge in [-0.3, -0.25) is 4.79 Å². The lowest BCUT2D eigenvalue weighted by molar-refractivity contribution is -0.144. The third kappa shape index (κ3) is 4.47. The number of hydrogen-bond donors (Lipinski definition) is 5. The molecule has 0 aliphatic carbocycles. The number of carboxylic acids is 1. The monoisotopic (exact) mass is 301 g/mol. The number of rotatable bonds is 7. The van der Waals surface area contributed by atoms with Crippen LogP contribution < -0.4 is 5.09 Å². The van der Waals surface area contributed by atoms with Crippen LogP contribution in [0.15, 0.2) is 36.9 Å². The normalized spacial score (nSPS) is 14.5. The standard InChI is InChI=1S/C12H16NO6P/c1-2-7-12(11(15)16,13-20(17,18)19)8-9-3-5-10(14)6-4-9/h2-6,14H,1,7-8H2,(H,15,16)(H3,13,17,18,19). The van der Waals surface area contributed by atoms with E-state index >= 15 is 0 Å². The van der Waals surface area contributed by atoms with Gasteiger partial charge < -0.3 is 20.0 Å². The highest BCUT2D eigenvalue weighted by Crippen LogP contribution is 2.35. The number of phenols is 1. The number of carboxylic acid groups (broad SMARTS) is 1. The third-order valence-electron chi connectivity index (χ3n) is 2.70. The summed E-state index contributed by atoms with van der Waals surface area (Å²) in [6.45, 7) is 3.42. The Morgan fingerprint density at radius 3 is 2.30 bits per heavy atom. The van der Waals surface area contributed by atoms with Crippen LogP contribution in [-0.2, 0) is 15.8 Å². The van der Waals surface area contributed by atoms with Gasteiger partial charge in [0.25, 0.3) is 0 Å². The van der Waals surface area contributed by atoms with Crippen LogP contribution in [0.2, 0.25) is 0 Å². The maximum absolute atomic E-state index is 11.5. The molecule has 1 aromatic rings. The summed E-state index contributed by atoms with van der Waals surface area (Å²) in [7, 11) is -4.75. The molecule has 20 heavy (non-hydrogen) atoms. The SMILES string of the molecule is C=CCC(Cc1ccc(O)cc1)(NP(=O)(O)O)C(=O)O. The quantitative estimate of drug-likeness (QED) is 0.376. The van der Waals surface area contributed by atoms with E-state index < -0.39 is 19.3 Å². The topological polar surface area (TPSA) is 127 Å². The maximum Gasteiger partial charge on any atom is 0.401 e. The van der Waals surface area contributed by atoms with Gasteiger partial charge in [0.2, 0.25) is 0 Å². The third-order valence-corrected chi connectivity index (χ3v) is 3.42. The smallest absolute Gasteiger partial charge is 0.401 e. The Balaban J connectivity index is 3.14. The molecule has 0 aliphatic rings. The van der Waals surface area contributed by atoms with Crippen LogP contribution >= 0.6 is 7.75 Å². The van der Waals surface area contributed by atoms with Crippen molar-refractivity contribution in [2.75, 3.05) is 0 Å². The number of aliphatic carboxylic acids is 1. The van der Waals surface area contributed by atoms with Gasteiger partial charge in [0.1, 0.15) is 11.3 Å². The van der Waals surface area contributed by atoms with Crippen molar-refractivity contribution < 1.29 is 29.4 Å². The fraction of sp³-hybridized carbons (Fsp3) is 0.250. The summed E-state index contributed by atoms with van der Waals surface area (Å²) in [4.78, 5) is 29.5. The summed E-state index contributed by atoms with van der Waals surface area (Å²) < 4.78 is 11.1. The molecule has 0 radical (unpaired) electrons. The lowest BCUT2D eigenvalue weighted by Gasteiger charge is -2.30. The molecule has 0 aromatic heterocycles. The molecule has 0 heterocycles. The molecule has 0 spiro atoms. The van der Waals surface area contributed by atoms with Crippen molar-refractivity contribution in [1.82, 2.24) is 5.09 Å². The summed E-state index contributed by atoms with van der Waals surface area (Å²) in [6.07, 6.45) is 0.936. The van der Waals surface area contributed by atoms with E-state index in [9.17, 15) is 19.6 Å². The summed E-state index contributed by atoms with van der Waals surface area (Å²) >= 11 is 0. The van der Waals surface area contributed by atoms with Crippen LogP contribution in [-0.4, -0.2) is 31.5 Å². The minimum atomic E-state index is -4.75. The molecule has 5 N–H and O–H groups in total. The summed E-state index contributed by atoms with van der Waals surface area (Å²) in [6, 6.07) is 5.70. The average Bonchev–Trinajstić information content (AvgIpc) is 2.30. The summed E-state index contributed by atoms with van der Waals surface area (Å²) in [5, 5.41) is 20.4. The number of carbonyl (C=O) groups is 1. The molecule has 0 saturated carbocycles. The lowest BCUT2D eigenvalue weighted by Crippen LogP contribution is -2.52. The Hall–Kier alpha value is -1.66. The number of aromatic hydroxyl groups is 1. The summed E-state index contributed by atoms with van der Waals surface area (Å²) in [5.74, 6) is -1.38. The molecular weight excluding hydrogens is 285 g/mol. The van der Waals surface area contributed by atoms with Gasteiger partial charge in [-0.15, -0.1) is 6.58 Å². The van der Waals surface area contributed by atoms with E-state index in [-0.39, 0.29) is 18.6 Å². The second-order valence-electron chi connectivity index (χ2n) is 4.38. The first kappa shape index (κ1) is 16.4. The molecule has 1 atom stereocenters. The Morgan fingerprint density at radius 2 is 1.90 bits per heavy atom. The maximum atomic E-state index is 11.5. The molecule has 0 bridgehead atoms. The Kier molecular flexibility index (Phi) is 5.08. The lowest BCUT2D eigenvalue weighted by atomic mass is 9.88. The van der Waals surface area contributed by atoms with Gasteiger partial charge in [-0.1, -0.05) is 18.2 Å². The van der Waals surface area contributed by atoms with Crippen molar-refractivity contribution >= 4 is 13.7 Å². The van der Waals surface area contributed by atoms with E-state index in [4.69, 9.17) is 9.79 Å². The van der Waals surface area contributed by atoms with Gasteiger partial charge in [0, 0.05) is 6.42 Å². The molecule has 1 unspecified atom stereocenters. The molecule has 0 fully saturated rings. The van der Waals surface area contributed by atoms with Crippen LogP contribution in [0.3, 0.4) is 0 Å². The van der Waals surface area contributed by atoms with Crippen molar-refractivity contribution in [3.05, 3.63) is 42.5 Å². The zero-order valence-electron chi connectivity index (χ0n) is 10.6. The van der Waals surface area contributed by atoms with Gasteiger partial charge >= 0.3 is 13.7 Å². The first-order valence-electron chi connectivity index (χ1n) is 5.66. The van der Waals surface area contributed by atoms with E-state index in [2.05, 4.69) is 6.58 Å². The van der Waals surface area contributed by atoms with Crippen LogP contribution in [0.1, 0.15) is 12.0 Å². The fourth-order valence-corrected chi connectivity index (χ4v) is 2.68. The predicted octanol–water partition coefficient (Wildman–Crippen LogP) is 1.02. The Bertz CT molecular complexity index is 537. The minimum absolute atomic E-state index is 0.0151. The predicted molar refractivity (Wildman–Crippen MR) is 72.2 cm³/mol. The Morgan fingerprint density at radius 1 is 1.35 bits per heavy atom. The summed E-state index contributed by atoms with van der Waals surface area (Å²) in [5.41, 5.74) is -1.36. The Labute approximate surface area is 115 Å². The van der Waals surface area contributed by atoms with E-state index in [1.165, 1.54) is 30.3 Å². The van der Waals surface area contributed by atoms with Crippen molar-refractivity contribution in [3.8, 4) is 5.75 Å². The van der Waals surface area contributed by atoms with Gasteiger partial charge in [-0.25, -0.2) is 9.65 Å². The van der Waals surface area contributed by atoms with Gasteiger partial charge in [-0.05, 0) is 24.1 Å². The molecule has 0 aliphatic heterocycles. The van der Waals surface area contributed by atoms with Gasteiger partial charge in [-0.2, -0.15) is 0 Å². The van der Waals surface area contributed by atoms with Gasteiger partial charge in [0.05, 0.1) is 0 Å². The first-order chi connectivity index (χ1) is 9.18. The number of nitrogens with one attached hydrogen (secondary N) is 1. The van der Waals surface area contributed by atoms with Crippen LogP contribution in [0.5, 0.6) is 5.75 Å². The average molecular weight is 301 g/mol. The molecule has 1 aromatic carbocycles. The number of phenolic OH excluding ortho intramolecular Hbond substituents is 1. The van der Waals surface area contributed by atoms with Crippen LogP contribution in [0, 0.1) is 0 Å². The van der Waals surface area contributed by atoms with E-state index in [0.29, 0.717) is 5.56 Å². The zero-order chi connectivity index (χ0) is 15.4. The van der Waals surface area contributed by atoms with Crippen molar-refractivity contribution in [2.45, 2.75) is 18.4 Å². The largest absolute Gasteiger partial charge is 0.508 e. The zero-order valence-corrected chi connectivity index (χ0v) is 11.5. The molecular formula is C12H16NO6P. The first-order valence-corrected chi connectivity index (χ1v) is 7.27. The number of hydrogen-bond acceptors (Lipinski definition) is 3. The molecule has 7 nitrogen and oxygen atoms in total. The van der Waals surface area contributed by atoms with Gasteiger partial charge in [0.15, 0.2) is 0 Å². The van der Waals surface area contributed by atoms with Crippen LogP contribution in [0.4, 0.5) is 0 Å². The molecule has 0 amide bonds.